The zero-order valence-corrected chi connectivity index (χ0v) is 10.3. The van der Waals surface area contributed by atoms with Crippen molar-refractivity contribution in [3.8, 4) is 0 Å². The molecular formula is C9H21N3S2. The standard InChI is InChI=1S/C9H21N3S2/c1-2-4-6-8-10-11-12-14-13-9-7-5-3-1/h10-12H,1-9H2. The lowest BCUT2D eigenvalue weighted by molar-refractivity contribution is 0.491. The van der Waals surface area contributed by atoms with E-state index in [4.69, 9.17) is 0 Å². The molecule has 0 unspecified atom stereocenters. The molecule has 0 aromatic carbocycles. The molecule has 84 valence electrons. The fourth-order valence-electron chi connectivity index (χ4n) is 1.45. The van der Waals surface area contributed by atoms with Crippen molar-refractivity contribution in [1.82, 2.24) is 15.8 Å². The molecule has 1 aliphatic heterocycles. The Morgan fingerprint density at radius 3 is 2.36 bits per heavy atom. The van der Waals surface area contributed by atoms with Crippen molar-refractivity contribution in [2.24, 2.45) is 0 Å². The van der Waals surface area contributed by atoms with Crippen LogP contribution in [0, 0.1) is 0 Å². The first kappa shape index (κ1) is 12.6. The summed E-state index contributed by atoms with van der Waals surface area (Å²) in [5.41, 5.74) is 6.13. The lowest BCUT2D eigenvalue weighted by atomic mass is 10.1. The van der Waals surface area contributed by atoms with Gasteiger partial charge in [-0.2, -0.15) is 10.4 Å². The lowest BCUT2D eigenvalue weighted by Gasteiger charge is -2.08. The molecule has 0 aromatic rings. The van der Waals surface area contributed by atoms with E-state index in [9.17, 15) is 0 Å². The van der Waals surface area contributed by atoms with Crippen molar-refractivity contribution in [3.63, 3.8) is 0 Å². The Hall–Kier alpha value is 0.580. The van der Waals surface area contributed by atoms with Crippen LogP contribution >= 0.6 is 21.8 Å². The first-order valence-electron chi connectivity index (χ1n) is 5.51. The molecule has 1 rings (SSSR count). The number of nitrogens with one attached hydrogen (secondary N) is 3. The molecule has 1 heterocycles. The highest BCUT2D eigenvalue weighted by Gasteiger charge is 1.95. The topological polar surface area (TPSA) is 36.1 Å². The van der Waals surface area contributed by atoms with Gasteiger partial charge in [0.2, 0.25) is 0 Å². The molecule has 3 nitrogen and oxygen atoms in total. The highest BCUT2D eigenvalue weighted by molar-refractivity contribution is 8.75. The molecule has 0 aliphatic carbocycles. The first-order chi connectivity index (χ1) is 7.00. The third kappa shape index (κ3) is 7.94. The monoisotopic (exact) mass is 235 g/mol. The molecule has 0 amide bonds. The maximum atomic E-state index is 3.14. The van der Waals surface area contributed by atoms with E-state index in [1.54, 1.807) is 11.0 Å². The fourth-order valence-corrected chi connectivity index (χ4v) is 2.93. The Morgan fingerprint density at radius 1 is 0.786 bits per heavy atom. The molecule has 1 saturated heterocycles. The number of rotatable bonds is 0. The zero-order valence-electron chi connectivity index (χ0n) is 8.68. The van der Waals surface area contributed by atoms with E-state index in [-0.39, 0.29) is 0 Å². The van der Waals surface area contributed by atoms with Gasteiger partial charge in [0.15, 0.2) is 0 Å². The minimum Gasteiger partial charge on any atom is -0.243 e. The SMILES string of the molecule is C1CCCCNNNSSCCCC1. The van der Waals surface area contributed by atoms with Crippen molar-refractivity contribution in [2.45, 2.75) is 44.9 Å². The Balaban J connectivity index is 2.00. The van der Waals surface area contributed by atoms with E-state index < -0.39 is 0 Å². The van der Waals surface area contributed by atoms with Crippen molar-refractivity contribution < 1.29 is 0 Å². The van der Waals surface area contributed by atoms with Crippen LogP contribution in [0.2, 0.25) is 0 Å². The van der Waals surface area contributed by atoms with Crippen LogP contribution in [0.25, 0.3) is 0 Å². The van der Waals surface area contributed by atoms with Crippen LogP contribution in [0.1, 0.15) is 44.9 Å². The Morgan fingerprint density at radius 2 is 1.50 bits per heavy atom. The molecular weight excluding hydrogens is 214 g/mol. The summed E-state index contributed by atoms with van der Waals surface area (Å²) in [6.07, 6.45) is 9.62. The molecule has 0 saturated carbocycles. The van der Waals surface area contributed by atoms with Gasteiger partial charge in [0.05, 0.1) is 0 Å². The largest absolute Gasteiger partial charge is 0.243 e. The highest BCUT2D eigenvalue weighted by atomic mass is 33.1. The maximum Gasteiger partial charge on any atom is 0.0113 e. The second-order valence-corrected chi connectivity index (χ2v) is 5.76. The van der Waals surface area contributed by atoms with Crippen LogP contribution in [-0.2, 0) is 0 Å². The summed E-state index contributed by atoms with van der Waals surface area (Å²) in [5.74, 6) is 1.25. The molecule has 3 N–H and O–H groups in total. The molecule has 1 aliphatic rings. The average Bonchev–Trinajstić information content (AvgIpc) is 2.22. The minimum atomic E-state index is 1.05. The third-order valence-corrected chi connectivity index (χ3v) is 4.13. The predicted octanol–water partition coefficient (Wildman–Crippen LogP) is 2.63. The maximum absolute atomic E-state index is 3.14. The first-order valence-corrected chi connectivity index (χ1v) is 7.83. The summed E-state index contributed by atoms with van der Waals surface area (Å²) in [6, 6.07) is 0. The molecule has 5 heteroatoms. The average molecular weight is 235 g/mol. The fraction of sp³-hybridized carbons (Fsp3) is 1.00. The van der Waals surface area contributed by atoms with Crippen LogP contribution < -0.4 is 15.8 Å². The lowest BCUT2D eigenvalue weighted by Crippen LogP contribution is -2.39. The van der Waals surface area contributed by atoms with Gasteiger partial charge in [0.1, 0.15) is 0 Å². The van der Waals surface area contributed by atoms with E-state index in [1.165, 1.54) is 50.7 Å². The molecule has 0 bridgehead atoms. The predicted molar refractivity (Wildman–Crippen MR) is 66.6 cm³/mol. The summed E-state index contributed by atoms with van der Waals surface area (Å²) in [6.45, 7) is 1.05. The summed E-state index contributed by atoms with van der Waals surface area (Å²) in [4.78, 5) is 3.06. The van der Waals surface area contributed by atoms with Crippen LogP contribution in [-0.4, -0.2) is 12.3 Å². The van der Waals surface area contributed by atoms with Gasteiger partial charge in [0.25, 0.3) is 0 Å². The van der Waals surface area contributed by atoms with Crippen molar-refractivity contribution in [1.29, 1.82) is 0 Å². The third-order valence-electron chi connectivity index (χ3n) is 2.27. The molecule has 0 atom stereocenters. The van der Waals surface area contributed by atoms with E-state index in [0.717, 1.165) is 6.54 Å². The molecule has 0 aromatic heterocycles. The quantitative estimate of drug-likeness (QED) is 0.444. The summed E-state index contributed by atoms with van der Waals surface area (Å²) < 4.78 is 0. The number of hydrazine groups is 2. The van der Waals surface area contributed by atoms with Crippen molar-refractivity contribution in [2.75, 3.05) is 12.3 Å². The van der Waals surface area contributed by atoms with E-state index in [2.05, 4.69) is 15.8 Å². The van der Waals surface area contributed by atoms with Crippen LogP contribution in [0.4, 0.5) is 0 Å². The minimum absolute atomic E-state index is 1.05. The Bertz CT molecular complexity index is 71.3. The van der Waals surface area contributed by atoms with Gasteiger partial charge in [-0.15, -0.1) is 0 Å². The normalized spacial score (nSPS) is 24.0. The molecule has 14 heavy (non-hydrogen) atoms. The Kier molecular flexibility index (Phi) is 9.13. The number of hydrogen-bond donors (Lipinski definition) is 3. The van der Waals surface area contributed by atoms with Crippen molar-refractivity contribution >= 4 is 21.8 Å². The smallest absolute Gasteiger partial charge is 0.0113 e. The summed E-state index contributed by atoms with van der Waals surface area (Å²) >= 11 is 0. The molecule has 0 radical (unpaired) electrons. The van der Waals surface area contributed by atoms with E-state index in [1.807, 2.05) is 10.8 Å². The van der Waals surface area contributed by atoms with Crippen molar-refractivity contribution in [3.05, 3.63) is 0 Å². The van der Waals surface area contributed by atoms with Crippen LogP contribution in [0.3, 0.4) is 0 Å². The van der Waals surface area contributed by atoms with E-state index in [0.29, 0.717) is 0 Å². The van der Waals surface area contributed by atoms with Gasteiger partial charge in [-0.3, -0.25) is 0 Å². The van der Waals surface area contributed by atoms with Crippen LogP contribution in [0.5, 0.6) is 0 Å². The van der Waals surface area contributed by atoms with Gasteiger partial charge in [0, 0.05) is 23.3 Å². The molecule has 0 spiro atoms. The number of hydrogen-bond acceptors (Lipinski definition) is 5. The zero-order chi connectivity index (χ0) is 9.90. The van der Waals surface area contributed by atoms with Gasteiger partial charge in [-0.1, -0.05) is 42.9 Å². The summed E-state index contributed by atoms with van der Waals surface area (Å²) in [5, 5.41) is 0. The van der Waals surface area contributed by atoms with Gasteiger partial charge in [-0.25, -0.2) is 5.43 Å². The van der Waals surface area contributed by atoms with Crippen LogP contribution in [0.15, 0.2) is 0 Å². The van der Waals surface area contributed by atoms with Gasteiger partial charge in [-0.05, 0) is 12.8 Å². The molecule has 1 fully saturated rings. The van der Waals surface area contributed by atoms with Gasteiger partial charge < -0.3 is 0 Å². The summed E-state index contributed by atoms with van der Waals surface area (Å²) in [7, 11) is 3.56. The van der Waals surface area contributed by atoms with E-state index >= 15 is 0 Å². The highest BCUT2D eigenvalue weighted by Crippen LogP contribution is 2.19. The second kappa shape index (κ2) is 10.1. The van der Waals surface area contributed by atoms with Gasteiger partial charge >= 0.3 is 0 Å². The Labute approximate surface area is 95.0 Å². The second-order valence-electron chi connectivity index (χ2n) is 3.53.